The van der Waals surface area contributed by atoms with Crippen LogP contribution in [0.1, 0.15) is 13.8 Å². The van der Waals surface area contributed by atoms with E-state index >= 15 is 0 Å². The summed E-state index contributed by atoms with van der Waals surface area (Å²) in [6, 6.07) is 16.1. The smallest absolute Gasteiger partial charge is 0.211 e. The third-order valence-electron chi connectivity index (χ3n) is 3.59. The first-order chi connectivity index (χ1) is 11.6. The molecule has 0 aliphatic heterocycles. The molecule has 0 unspecified atom stereocenters. The third-order valence-corrected chi connectivity index (χ3v) is 6.42. The van der Waals surface area contributed by atoms with Gasteiger partial charge in [0.25, 0.3) is 0 Å². The van der Waals surface area contributed by atoms with Crippen molar-refractivity contribution in [3.8, 4) is 0 Å². The van der Waals surface area contributed by atoms with Gasteiger partial charge in [-0.2, -0.15) is 0 Å². The Labute approximate surface area is 149 Å². The van der Waals surface area contributed by atoms with Crippen molar-refractivity contribution in [2.45, 2.75) is 23.6 Å². The lowest BCUT2D eigenvalue weighted by molar-refractivity contribution is 0.361. The summed E-state index contributed by atoms with van der Waals surface area (Å²) >= 11 is 0. The first-order valence-corrected chi connectivity index (χ1v) is 10.7. The van der Waals surface area contributed by atoms with Crippen LogP contribution >= 0.6 is 0 Å². The van der Waals surface area contributed by atoms with Crippen LogP contribution in [-0.4, -0.2) is 29.9 Å². The average molecular weight is 383 g/mol. The lowest BCUT2D eigenvalue weighted by atomic mass is 9.95. The molecule has 0 aliphatic rings. The van der Waals surface area contributed by atoms with Gasteiger partial charge in [-0.1, -0.05) is 50.2 Å². The minimum atomic E-state index is -3.63. The predicted octanol–water partition coefficient (Wildman–Crippen LogP) is 1.97. The van der Waals surface area contributed by atoms with Crippen LogP contribution in [0.15, 0.2) is 70.5 Å². The van der Waals surface area contributed by atoms with Gasteiger partial charge in [0, 0.05) is 13.1 Å². The molecule has 0 fully saturated rings. The first-order valence-electron chi connectivity index (χ1n) is 7.72. The summed E-state index contributed by atoms with van der Waals surface area (Å²) in [6.45, 7) is 3.77. The molecule has 2 aromatic carbocycles. The van der Waals surface area contributed by atoms with Gasteiger partial charge >= 0.3 is 0 Å². The standard InChI is InChI=1S/C17H22N2O4S2/c1-17(2,13-18-24(20,21)15-9-5-3-6-10-15)14-19-25(22,23)16-11-7-4-8-12-16/h3-12,18-19H,13-14H2,1-2H3. The summed E-state index contributed by atoms with van der Waals surface area (Å²) in [5, 5.41) is 0. The van der Waals surface area contributed by atoms with E-state index in [-0.39, 0.29) is 22.9 Å². The zero-order valence-corrected chi connectivity index (χ0v) is 15.8. The summed E-state index contributed by atoms with van der Waals surface area (Å²) < 4.78 is 54.1. The number of rotatable bonds is 8. The maximum Gasteiger partial charge on any atom is 0.240 e. The Balaban J connectivity index is 1.98. The molecule has 2 rings (SSSR count). The number of benzene rings is 2. The molecular weight excluding hydrogens is 360 g/mol. The van der Waals surface area contributed by atoms with E-state index in [2.05, 4.69) is 9.44 Å². The fourth-order valence-corrected chi connectivity index (χ4v) is 4.53. The van der Waals surface area contributed by atoms with Crippen molar-refractivity contribution in [3.05, 3.63) is 60.7 Å². The van der Waals surface area contributed by atoms with Gasteiger partial charge in [0.05, 0.1) is 9.79 Å². The SMILES string of the molecule is CC(C)(CNS(=O)(=O)c1ccccc1)CNS(=O)(=O)c1ccccc1. The highest BCUT2D eigenvalue weighted by atomic mass is 32.2. The second-order valence-electron chi connectivity index (χ2n) is 6.44. The van der Waals surface area contributed by atoms with Crippen LogP contribution in [0.2, 0.25) is 0 Å². The van der Waals surface area contributed by atoms with E-state index in [4.69, 9.17) is 0 Å². The van der Waals surface area contributed by atoms with Crippen molar-refractivity contribution in [2.75, 3.05) is 13.1 Å². The van der Waals surface area contributed by atoms with Crippen LogP contribution in [0.5, 0.6) is 0 Å². The van der Waals surface area contributed by atoms with E-state index in [1.54, 1.807) is 50.2 Å². The number of hydrogen-bond donors (Lipinski definition) is 2. The minimum absolute atomic E-state index is 0.0987. The van der Waals surface area contributed by atoms with E-state index in [1.807, 2.05) is 0 Å². The number of hydrogen-bond acceptors (Lipinski definition) is 4. The lowest BCUT2D eigenvalue weighted by Gasteiger charge is -2.25. The molecule has 0 spiro atoms. The van der Waals surface area contributed by atoms with Crippen LogP contribution in [0.3, 0.4) is 0 Å². The maximum atomic E-state index is 12.3. The topological polar surface area (TPSA) is 92.3 Å². The molecule has 6 nitrogen and oxygen atoms in total. The second kappa shape index (κ2) is 7.65. The number of sulfonamides is 2. The molecule has 2 aromatic rings. The summed E-state index contributed by atoms with van der Waals surface area (Å²) in [5.41, 5.74) is -0.607. The fraction of sp³-hybridized carbons (Fsp3) is 0.294. The molecule has 0 radical (unpaired) electrons. The van der Waals surface area contributed by atoms with Crippen molar-refractivity contribution >= 4 is 20.0 Å². The highest BCUT2D eigenvalue weighted by molar-refractivity contribution is 7.89. The van der Waals surface area contributed by atoms with E-state index in [0.29, 0.717) is 0 Å². The predicted molar refractivity (Wildman–Crippen MR) is 97.0 cm³/mol. The van der Waals surface area contributed by atoms with Crippen LogP contribution < -0.4 is 9.44 Å². The van der Waals surface area contributed by atoms with Crippen molar-refractivity contribution in [1.29, 1.82) is 0 Å². The Morgan fingerprint density at radius 3 is 1.32 bits per heavy atom. The van der Waals surface area contributed by atoms with E-state index in [1.165, 1.54) is 24.3 Å². The van der Waals surface area contributed by atoms with Crippen LogP contribution in [0.4, 0.5) is 0 Å². The van der Waals surface area contributed by atoms with Gasteiger partial charge in [-0.25, -0.2) is 26.3 Å². The molecule has 0 atom stereocenters. The molecule has 8 heteroatoms. The highest BCUT2D eigenvalue weighted by Crippen LogP contribution is 2.16. The van der Waals surface area contributed by atoms with Crippen molar-refractivity contribution in [2.24, 2.45) is 5.41 Å². The van der Waals surface area contributed by atoms with Gasteiger partial charge in [0.1, 0.15) is 0 Å². The third kappa shape index (κ3) is 5.64. The van der Waals surface area contributed by atoms with Gasteiger partial charge in [-0.05, 0) is 29.7 Å². The molecule has 0 amide bonds. The fourth-order valence-electron chi connectivity index (χ4n) is 2.01. The Morgan fingerprint density at radius 1 is 0.680 bits per heavy atom. The summed E-state index contributed by atoms with van der Waals surface area (Å²) in [5.74, 6) is 0. The molecule has 0 saturated carbocycles. The summed E-state index contributed by atoms with van der Waals surface area (Å²) in [4.78, 5) is 0.353. The van der Waals surface area contributed by atoms with E-state index < -0.39 is 25.5 Å². The number of nitrogens with one attached hydrogen (secondary N) is 2. The molecule has 136 valence electrons. The summed E-state index contributed by atoms with van der Waals surface area (Å²) in [7, 11) is -7.25. The first kappa shape index (κ1) is 19.6. The molecule has 0 aromatic heterocycles. The largest absolute Gasteiger partial charge is 0.240 e. The average Bonchev–Trinajstić information content (AvgIpc) is 2.60. The van der Waals surface area contributed by atoms with Crippen molar-refractivity contribution in [1.82, 2.24) is 9.44 Å². The van der Waals surface area contributed by atoms with Crippen LogP contribution in [0.25, 0.3) is 0 Å². The molecule has 2 N–H and O–H groups in total. The molecule has 25 heavy (non-hydrogen) atoms. The molecular formula is C17H22N2O4S2. The van der Waals surface area contributed by atoms with Crippen LogP contribution in [0, 0.1) is 5.41 Å². The van der Waals surface area contributed by atoms with Gasteiger partial charge in [0.2, 0.25) is 20.0 Å². The van der Waals surface area contributed by atoms with Gasteiger partial charge < -0.3 is 0 Å². The van der Waals surface area contributed by atoms with Gasteiger partial charge in [0.15, 0.2) is 0 Å². The second-order valence-corrected chi connectivity index (χ2v) is 9.97. The Morgan fingerprint density at radius 2 is 1.00 bits per heavy atom. The highest BCUT2D eigenvalue weighted by Gasteiger charge is 2.25. The summed E-state index contributed by atoms with van der Waals surface area (Å²) in [6.07, 6.45) is 0. The van der Waals surface area contributed by atoms with E-state index in [0.717, 1.165) is 0 Å². The van der Waals surface area contributed by atoms with E-state index in [9.17, 15) is 16.8 Å². The molecule has 0 heterocycles. The van der Waals surface area contributed by atoms with Crippen molar-refractivity contribution in [3.63, 3.8) is 0 Å². The van der Waals surface area contributed by atoms with Crippen molar-refractivity contribution < 1.29 is 16.8 Å². The molecule has 0 saturated heterocycles. The molecule has 0 bridgehead atoms. The minimum Gasteiger partial charge on any atom is -0.211 e. The Hall–Kier alpha value is -1.74. The zero-order valence-electron chi connectivity index (χ0n) is 14.1. The lowest BCUT2D eigenvalue weighted by Crippen LogP contribution is -2.41. The monoisotopic (exact) mass is 382 g/mol. The quantitative estimate of drug-likeness (QED) is 0.730. The van der Waals surface area contributed by atoms with Gasteiger partial charge in [-0.3, -0.25) is 0 Å². The van der Waals surface area contributed by atoms with Crippen LogP contribution in [-0.2, 0) is 20.0 Å². The zero-order chi connectivity index (χ0) is 18.6. The normalized spacial score (nSPS) is 12.9. The molecule has 0 aliphatic carbocycles. The Bertz CT molecular complexity index is 819. The van der Waals surface area contributed by atoms with Gasteiger partial charge in [-0.15, -0.1) is 0 Å². The Kier molecular flexibility index (Phi) is 5.99. The maximum absolute atomic E-state index is 12.3.